The maximum atomic E-state index is 12.6. The number of hydrogen-bond donors (Lipinski definition) is 4. The van der Waals surface area contributed by atoms with E-state index < -0.39 is 0 Å². The minimum absolute atomic E-state index is 0.0917. The van der Waals surface area contributed by atoms with E-state index in [9.17, 15) is 14.7 Å². The third kappa shape index (κ3) is 4.17. The van der Waals surface area contributed by atoms with Crippen LogP contribution >= 0.6 is 11.3 Å². The summed E-state index contributed by atoms with van der Waals surface area (Å²) in [6.45, 7) is 0. The van der Waals surface area contributed by atoms with Gasteiger partial charge in [0.05, 0.1) is 16.9 Å². The van der Waals surface area contributed by atoms with Gasteiger partial charge in [0.2, 0.25) is 0 Å². The minimum atomic E-state index is -0.353. The molecule has 0 aliphatic carbocycles. The summed E-state index contributed by atoms with van der Waals surface area (Å²) in [7, 11) is 0. The highest BCUT2D eigenvalue weighted by atomic mass is 32.1. The smallest absolute Gasteiger partial charge is 0.289 e. The summed E-state index contributed by atoms with van der Waals surface area (Å²) in [6, 6.07) is 17.2. The Morgan fingerprint density at radius 3 is 2.52 bits per heavy atom. The SMILES string of the molecule is O=C(Nc1cc(NNC(=O)c2cscn2)cc2ccccc12)c1ccc(O)cc1. The predicted molar refractivity (Wildman–Crippen MR) is 113 cm³/mol. The number of anilines is 2. The summed E-state index contributed by atoms with van der Waals surface area (Å²) in [5.74, 6) is -0.568. The highest BCUT2D eigenvalue weighted by molar-refractivity contribution is 7.07. The fourth-order valence-electron chi connectivity index (χ4n) is 2.81. The van der Waals surface area contributed by atoms with Crippen LogP contribution in [0.1, 0.15) is 20.8 Å². The van der Waals surface area contributed by atoms with Crippen LogP contribution < -0.4 is 16.2 Å². The molecule has 0 fully saturated rings. The molecule has 2 amide bonds. The molecule has 144 valence electrons. The van der Waals surface area contributed by atoms with Gasteiger partial charge in [0.25, 0.3) is 11.8 Å². The van der Waals surface area contributed by atoms with Crippen LogP contribution in [-0.2, 0) is 0 Å². The molecule has 0 unspecified atom stereocenters. The Kier molecular flexibility index (Phi) is 5.08. The zero-order chi connectivity index (χ0) is 20.2. The first-order valence-electron chi connectivity index (χ1n) is 8.68. The number of aromatic hydroxyl groups is 1. The highest BCUT2D eigenvalue weighted by Crippen LogP contribution is 2.28. The number of benzene rings is 3. The van der Waals surface area contributed by atoms with E-state index in [4.69, 9.17) is 0 Å². The van der Waals surface area contributed by atoms with E-state index in [0.717, 1.165) is 10.8 Å². The lowest BCUT2D eigenvalue weighted by molar-refractivity contribution is 0.0957. The number of thiazole rings is 1. The standard InChI is InChI=1S/C21H16N4O3S/c26-16-7-5-13(6-8-16)20(27)23-18-10-15(9-14-3-1-2-4-17(14)18)24-25-21(28)19-11-29-12-22-19/h1-12,24,26H,(H,23,27)(H,25,28). The Morgan fingerprint density at radius 1 is 0.966 bits per heavy atom. The van der Waals surface area contributed by atoms with Crippen molar-refractivity contribution in [2.75, 3.05) is 10.7 Å². The largest absolute Gasteiger partial charge is 0.508 e. The second-order valence-corrected chi connectivity index (χ2v) is 6.92. The van der Waals surface area contributed by atoms with E-state index in [1.807, 2.05) is 30.3 Å². The number of fused-ring (bicyclic) bond motifs is 1. The summed E-state index contributed by atoms with van der Waals surface area (Å²) < 4.78 is 0. The molecule has 0 atom stereocenters. The number of carbonyl (C=O) groups is 2. The first-order valence-corrected chi connectivity index (χ1v) is 9.62. The topological polar surface area (TPSA) is 103 Å². The molecule has 0 saturated heterocycles. The molecule has 4 rings (SSSR count). The minimum Gasteiger partial charge on any atom is -0.508 e. The molecule has 29 heavy (non-hydrogen) atoms. The zero-order valence-electron chi connectivity index (χ0n) is 15.0. The van der Waals surface area contributed by atoms with Crippen molar-refractivity contribution in [3.8, 4) is 5.75 Å². The molecule has 7 nitrogen and oxygen atoms in total. The molecule has 0 aliphatic rings. The van der Waals surface area contributed by atoms with Crippen LogP contribution in [0.3, 0.4) is 0 Å². The maximum absolute atomic E-state index is 12.6. The van der Waals surface area contributed by atoms with Crippen molar-refractivity contribution in [1.29, 1.82) is 0 Å². The molecular formula is C21H16N4O3S. The van der Waals surface area contributed by atoms with E-state index in [1.165, 1.54) is 23.5 Å². The molecule has 0 bridgehead atoms. The van der Waals surface area contributed by atoms with Crippen molar-refractivity contribution in [1.82, 2.24) is 10.4 Å². The lowest BCUT2D eigenvalue weighted by Crippen LogP contribution is -2.29. The second-order valence-electron chi connectivity index (χ2n) is 6.20. The number of aromatic nitrogens is 1. The molecule has 0 saturated carbocycles. The van der Waals surface area contributed by atoms with Crippen molar-refractivity contribution in [2.45, 2.75) is 0 Å². The van der Waals surface area contributed by atoms with E-state index in [0.29, 0.717) is 22.6 Å². The number of nitrogens with one attached hydrogen (secondary N) is 3. The monoisotopic (exact) mass is 404 g/mol. The quantitative estimate of drug-likeness (QED) is 0.376. The van der Waals surface area contributed by atoms with Gasteiger partial charge >= 0.3 is 0 Å². The Morgan fingerprint density at radius 2 is 1.76 bits per heavy atom. The summed E-state index contributed by atoms with van der Waals surface area (Å²) in [4.78, 5) is 28.7. The molecule has 0 spiro atoms. The van der Waals surface area contributed by atoms with Gasteiger partial charge in [-0.1, -0.05) is 24.3 Å². The summed E-state index contributed by atoms with van der Waals surface area (Å²) >= 11 is 1.34. The Balaban J connectivity index is 1.59. The first-order chi connectivity index (χ1) is 14.1. The molecule has 3 aromatic carbocycles. The Bertz CT molecular complexity index is 1170. The van der Waals surface area contributed by atoms with E-state index in [1.54, 1.807) is 29.1 Å². The molecule has 1 heterocycles. The normalized spacial score (nSPS) is 10.5. The Labute approximate surface area is 170 Å². The molecule has 8 heteroatoms. The average Bonchev–Trinajstić information content (AvgIpc) is 3.27. The number of phenolic OH excluding ortho intramolecular Hbond substituents is 1. The van der Waals surface area contributed by atoms with E-state index in [2.05, 4.69) is 21.2 Å². The van der Waals surface area contributed by atoms with Crippen molar-refractivity contribution in [3.63, 3.8) is 0 Å². The molecule has 4 aromatic rings. The van der Waals surface area contributed by atoms with Crippen LogP contribution in [0.25, 0.3) is 10.8 Å². The number of hydrazine groups is 1. The fourth-order valence-corrected chi connectivity index (χ4v) is 3.34. The van der Waals surface area contributed by atoms with Crippen molar-refractivity contribution < 1.29 is 14.7 Å². The number of amides is 2. The van der Waals surface area contributed by atoms with Crippen molar-refractivity contribution >= 4 is 45.3 Å². The van der Waals surface area contributed by atoms with Gasteiger partial charge in [-0.25, -0.2) is 4.98 Å². The van der Waals surface area contributed by atoms with Gasteiger partial charge in [-0.3, -0.25) is 20.4 Å². The van der Waals surface area contributed by atoms with Crippen molar-refractivity contribution in [2.24, 2.45) is 0 Å². The van der Waals surface area contributed by atoms with Gasteiger partial charge < -0.3 is 10.4 Å². The first kappa shape index (κ1) is 18.5. The predicted octanol–water partition coefficient (Wildman–Crippen LogP) is 4.01. The van der Waals surface area contributed by atoms with Gasteiger partial charge in [0, 0.05) is 16.3 Å². The lowest BCUT2D eigenvalue weighted by atomic mass is 10.1. The molecule has 0 radical (unpaired) electrons. The maximum Gasteiger partial charge on any atom is 0.289 e. The van der Waals surface area contributed by atoms with E-state index in [-0.39, 0.29) is 17.6 Å². The van der Waals surface area contributed by atoms with Gasteiger partial charge in [-0.2, -0.15) is 0 Å². The number of hydrogen-bond acceptors (Lipinski definition) is 6. The van der Waals surface area contributed by atoms with Gasteiger partial charge in [0.1, 0.15) is 11.4 Å². The van der Waals surface area contributed by atoms with Crippen LogP contribution in [0.2, 0.25) is 0 Å². The van der Waals surface area contributed by atoms with Crippen LogP contribution in [0.4, 0.5) is 11.4 Å². The number of phenols is 1. The lowest BCUT2D eigenvalue weighted by Gasteiger charge is -2.13. The number of carbonyl (C=O) groups excluding carboxylic acids is 2. The van der Waals surface area contributed by atoms with Crippen LogP contribution in [0.5, 0.6) is 5.75 Å². The molecule has 4 N–H and O–H groups in total. The van der Waals surface area contributed by atoms with Crippen LogP contribution in [0, 0.1) is 0 Å². The third-order valence-corrected chi connectivity index (χ3v) is 4.81. The van der Waals surface area contributed by atoms with Gasteiger partial charge in [-0.15, -0.1) is 11.3 Å². The second kappa shape index (κ2) is 7.99. The highest BCUT2D eigenvalue weighted by Gasteiger charge is 2.11. The molecule has 0 aliphatic heterocycles. The molecule has 1 aromatic heterocycles. The Hall–Kier alpha value is -3.91. The number of nitrogens with zero attached hydrogens (tertiary/aromatic N) is 1. The zero-order valence-corrected chi connectivity index (χ0v) is 15.9. The summed E-state index contributed by atoms with van der Waals surface area (Å²) in [5.41, 5.74) is 8.99. The van der Waals surface area contributed by atoms with Gasteiger partial charge in [0.15, 0.2) is 0 Å². The number of rotatable bonds is 5. The van der Waals surface area contributed by atoms with E-state index >= 15 is 0 Å². The third-order valence-electron chi connectivity index (χ3n) is 4.22. The van der Waals surface area contributed by atoms with Crippen molar-refractivity contribution in [3.05, 3.63) is 82.8 Å². The van der Waals surface area contributed by atoms with Gasteiger partial charge in [-0.05, 0) is 41.8 Å². The summed E-state index contributed by atoms with van der Waals surface area (Å²) in [5, 5.41) is 15.7. The fraction of sp³-hybridized carbons (Fsp3) is 0. The summed E-state index contributed by atoms with van der Waals surface area (Å²) in [6.07, 6.45) is 0. The molecular weight excluding hydrogens is 388 g/mol. The van der Waals surface area contributed by atoms with Crippen LogP contribution in [-0.4, -0.2) is 21.9 Å². The average molecular weight is 404 g/mol. The van der Waals surface area contributed by atoms with Crippen LogP contribution in [0.15, 0.2) is 71.6 Å².